The van der Waals surface area contributed by atoms with E-state index in [9.17, 15) is 14.0 Å². The van der Waals surface area contributed by atoms with Crippen molar-refractivity contribution in [1.82, 2.24) is 5.32 Å². The topological polar surface area (TPSA) is 66.4 Å². The Hall–Kier alpha value is -1.91. The minimum Gasteiger partial charge on any atom is -0.480 e. The first-order valence-electron chi connectivity index (χ1n) is 5.66. The maximum absolute atomic E-state index is 12.9. The number of halogens is 1. The van der Waals surface area contributed by atoms with E-state index in [1.807, 2.05) is 0 Å². The van der Waals surface area contributed by atoms with Gasteiger partial charge in [-0.2, -0.15) is 0 Å². The number of benzene rings is 1. The lowest BCUT2D eigenvalue weighted by molar-refractivity contribution is -0.143. The highest BCUT2D eigenvalue weighted by molar-refractivity contribution is 5.84. The molecule has 0 saturated carbocycles. The van der Waals surface area contributed by atoms with E-state index >= 15 is 0 Å². The molecule has 0 bridgehead atoms. The van der Waals surface area contributed by atoms with Crippen LogP contribution in [0.2, 0.25) is 0 Å². The van der Waals surface area contributed by atoms with Crippen LogP contribution in [0.5, 0.6) is 0 Å². The fraction of sp³-hybridized carbons (Fsp3) is 0.385. The lowest BCUT2D eigenvalue weighted by Crippen LogP contribution is -2.44. The highest BCUT2D eigenvalue weighted by atomic mass is 19.1. The van der Waals surface area contributed by atoms with E-state index in [2.05, 4.69) is 5.32 Å². The Kier molecular flexibility index (Phi) is 4.83. The largest absolute Gasteiger partial charge is 0.480 e. The molecule has 18 heavy (non-hydrogen) atoms. The fourth-order valence-corrected chi connectivity index (χ4v) is 1.57. The molecule has 4 nitrogen and oxygen atoms in total. The maximum Gasteiger partial charge on any atom is 0.326 e. The standard InChI is InChI=1S/C13H16FNO3/c1-8(2)12(13(17)18)15-11(16)7-9-4-3-5-10(14)6-9/h3-6,8,12H,7H2,1-2H3,(H,15,16)(H,17,18)/t12-/m0/s1. The molecule has 0 aliphatic heterocycles. The van der Waals surface area contributed by atoms with Crippen LogP contribution in [0.25, 0.3) is 0 Å². The second-order valence-electron chi connectivity index (χ2n) is 4.43. The summed E-state index contributed by atoms with van der Waals surface area (Å²) < 4.78 is 12.9. The number of hydrogen-bond acceptors (Lipinski definition) is 2. The lowest BCUT2D eigenvalue weighted by Gasteiger charge is -2.17. The number of carbonyl (C=O) groups is 2. The van der Waals surface area contributed by atoms with Crippen LogP contribution in [0, 0.1) is 11.7 Å². The summed E-state index contributed by atoms with van der Waals surface area (Å²) >= 11 is 0. The normalized spacial score (nSPS) is 12.2. The van der Waals surface area contributed by atoms with Gasteiger partial charge in [-0.3, -0.25) is 4.79 Å². The molecule has 0 fully saturated rings. The van der Waals surface area contributed by atoms with Crippen LogP contribution in [-0.4, -0.2) is 23.0 Å². The quantitative estimate of drug-likeness (QED) is 0.837. The summed E-state index contributed by atoms with van der Waals surface area (Å²) in [6, 6.07) is 4.74. The molecule has 1 rings (SSSR count). The molecule has 0 aromatic heterocycles. The molecule has 5 heteroatoms. The third kappa shape index (κ3) is 4.16. The number of carboxylic acid groups (broad SMARTS) is 1. The van der Waals surface area contributed by atoms with Gasteiger partial charge in [-0.15, -0.1) is 0 Å². The minimum absolute atomic E-state index is 0.0335. The molecule has 0 aliphatic carbocycles. The number of carbonyl (C=O) groups excluding carboxylic acids is 1. The summed E-state index contributed by atoms with van der Waals surface area (Å²) in [5.41, 5.74) is 0.514. The van der Waals surface area contributed by atoms with E-state index in [4.69, 9.17) is 5.11 Å². The van der Waals surface area contributed by atoms with E-state index in [1.54, 1.807) is 19.9 Å². The summed E-state index contributed by atoms with van der Waals surface area (Å²) in [5.74, 6) is -2.13. The van der Waals surface area contributed by atoms with Crippen LogP contribution in [0.3, 0.4) is 0 Å². The first kappa shape index (κ1) is 14.2. The Balaban J connectivity index is 2.63. The smallest absolute Gasteiger partial charge is 0.326 e. The molecule has 1 aromatic carbocycles. The van der Waals surface area contributed by atoms with Crippen molar-refractivity contribution in [3.63, 3.8) is 0 Å². The number of hydrogen-bond donors (Lipinski definition) is 2. The third-order valence-electron chi connectivity index (χ3n) is 2.50. The zero-order valence-corrected chi connectivity index (χ0v) is 10.3. The van der Waals surface area contributed by atoms with Gasteiger partial charge in [0.2, 0.25) is 5.91 Å². The summed E-state index contributed by atoms with van der Waals surface area (Å²) in [6.07, 6.45) is -0.0335. The zero-order chi connectivity index (χ0) is 13.7. The first-order chi connectivity index (χ1) is 8.40. The molecule has 0 heterocycles. The van der Waals surface area contributed by atoms with Crippen molar-refractivity contribution in [3.05, 3.63) is 35.6 Å². The van der Waals surface area contributed by atoms with Gasteiger partial charge in [-0.05, 0) is 23.6 Å². The Morgan fingerprint density at radius 2 is 2.06 bits per heavy atom. The summed E-state index contributed by atoms with van der Waals surface area (Å²) in [7, 11) is 0. The number of nitrogens with one attached hydrogen (secondary N) is 1. The maximum atomic E-state index is 12.9. The average Bonchev–Trinajstić information content (AvgIpc) is 2.25. The monoisotopic (exact) mass is 253 g/mol. The Labute approximate surface area is 105 Å². The van der Waals surface area contributed by atoms with Gasteiger partial charge in [-0.25, -0.2) is 9.18 Å². The number of aliphatic carboxylic acids is 1. The predicted molar refractivity (Wildman–Crippen MR) is 64.5 cm³/mol. The molecule has 98 valence electrons. The van der Waals surface area contributed by atoms with Gasteiger partial charge in [-0.1, -0.05) is 26.0 Å². The van der Waals surface area contributed by atoms with Crippen LogP contribution < -0.4 is 5.32 Å². The minimum atomic E-state index is -1.07. The van der Waals surface area contributed by atoms with Crippen molar-refractivity contribution in [2.45, 2.75) is 26.3 Å². The van der Waals surface area contributed by atoms with Gasteiger partial charge in [0.15, 0.2) is 0 Å². The molecule has 1 aromatic rings. The number of rotatable bonds is 5. The van der Waals surface area contributed by atoms with Gasteiger partial charge in [0, 0.05) is 0 Å². The van der Waals surface area contributed by atoms with Crippen LogP contribution >= 0.6 is 0 Å². The van der Waals surface area contributed by atoms with Crippen molar-refractivity contribution >= 4 is 11.9 Å². The molecular formula is C13H16FNO3. The highest BCUT2D eigenvalue weighted by Crippen LogP contribution is 2.06. The Bertz CT molecular complexity index is 446. The molecule has 2 N–H and O–H groups in total. The molecule has 0 aliphatic rings. The second-order valence-corrected chi connectivity index (χ2v) is 4.43. The molecule has 0 radical (unpaired) electrons. The van der Waals surface area contributed by atoms with E-state index < -0.39 is 23.7 Å². The van der Waals surface area contributed by atoms with Crippen LogP contribution in [0.1, 0.15) is 19.4 Å². The van der Waals surface area contributed by atoms with Gasteiger partial charge < -0.3 is 10.4 Å². The first-order valence-corrected chi connectivity index (χ1v) is 5.66. The number of amides is 1. The van der Waals surface area contributed by atoms with E-state index in [1.165, 1.54) is 18.2 Å². The van der Waals surface area contributed by atoms with Gasteiger partial charge in [0.1, 0.15) is 11.9 Å². The van der Waals surface area contributed by atoms with Gasteiger partial charge in [0.25, 0.3) is 0 Å². The van der Waals surface area contributed by atoms with E-state index in [-0.39, 0.29) is 12.3 Å². The third-order valence-corrected chi connectivity index (χ3v) is 2.50. The molecule has 1 amide bonds. The van der Waals surface area contributed by atoms with Gasteiger partial charge >= 0.3 is 5.97 Å². The summed E-state index contributed by atoms with van der Waals surface area (Å²) in [5, 5.41) is 11.4. The van der Waals surface area contributed by atoms with Crippen molar-refractivity contribution < 1.29 is 19.1 Å². The molecule has 0 spiro atoms. The second kappa shape index (κ2) is 6.14. The SMILES string of the molecule is CC(C)[C@H](NC(=O)Cc1cccc(F)c1)C(=O)O. The molecule has 0 saturated heterocycles. The van der Waals surface area contributed by atoms with Crippen molar-refractivity contribution in [1.29, 1.82) is 0 Å². The fourth-order valence-electron chi connectivity index (χ4n) is 1.57. The highest BCUT2D eigenvalue weighted by Gasteiger charge is 2.23. The average molecular weight is 253 g/mol. The molecule has 0 unspecified atom stereocenters. The summed E-state index contributed by atoms with van der Waals surface area (Å²) in [4.78, 5) is 22.6. The number of carboxylic acids is 1. The van der Waals surface area contributed by atoms with E-state index in [0.29, 0.717) is 5.56 Å². The van der Waals surface area contributed by atoms with Crippen LogP contribution in [0.4, 0.5) is 4.39 Å². The van der Waals surface area contributed by atoms with Crippen LogP contribution in [0.15, 0.2) is 24.3 Å². The predicted octanol–water partition coefficient (Wildman–Crippen LogP) is 1.59. The van der Waals surface area contributed by atoms with Crippen LogP contribution in [-0.2, 0) is 16.0 Å². The Morgan fingerprint density at radius 1 is 1.39 bits per heavy atom. The molecular weight excluding hydrogens is 237 g/mol. The Morgan fingerprint density at radius 3 is 2.56 bits per heavy atom. The van der Waals surface area contributed by atoms with Crippen molar-refractivity contribution in [2.24, 2.45) is 5.92 Å². The van der Waals surface area contributed by atoms with E-state index in [0.717, 1.165) is 0 Å². The zero-order valence-electron chi connectivity index (χ0n) is 10.3. The van der Waals surface area contributed by atoms with Crippen molar-refractivity contribution in [2.75, 3.05) is 0 Å². The van der Waals surface area contributed by atoms with Gasteiger partial charge in [0.05, 0.1) is 6.42 Å². The molecule has 1 atom stereocenters. The van der Waals surface area contributed by atoms with Crippen molar-refractivity contribution in [3.8, 4) is 0 Å². The summed E-state index contributed by atoms with van der Waals surface area (Å²) in [6.45, 7) is 3.42. The lowest BCUT2D eigenvalue weighted by atomic mass is 10.0.